The van der Waals surface area contributed by atoms with Crippen molar-refractivity contribution in [3.8, 4) is 12.3 Å². The Bertz CT molecular complexity index is 509. The van der Waals surface area contributed by atoms with Crippen LogP contribution < -0.4 is 5.56 Å². The van der Waals surface area contributed by atoms with Gasteiger partial charge >= 0.3 is 0 Å². The van der Waals surface area contributed by atoms with E-state index in [-0.39, 0.29) is 11.5 Å². The molecule has 1 amide bonds. The maximum Gasteiger partial charge on any atom is 0.254 e. The zero-order chi connectivity index (χ0) is 12.3. The van der Waals surface area contributed by atoms with Gasteiger partial charge in [-0.1, -0.05) is 5.92 Å². The zero-order valence-corrected chi connectivity index (χ0v) is 9.48. The number of H-pyrrole nitrogens is 1. The number of carbonyl (C=O) groups excluding carboxylic acids is 1. The summed E-state index contributed by atoms with van der Waals surface area (Å²) in [4.78, 5) is 27.4. The average molecular weight is 230 g/mol. The van der Waals surface area contributed by atoms with Crippen LogP contribution in [0, 0.1) is 18.3 Å². The predicted octanol–water partition coefficient (Wildman–Crippen LogP) is 0.860. The Kier molecular flexibility index (Phi) is 3.29. The van der Waals surface area contributed by atoms with Gasteiger partial charge in [0.15, 0.2) is 0 Å². The van der Waals surface area contributed by atoms with Gasteiger partial charge in [0.2, 0.25) is 5.56 Å². The lowest BCUT2D eigenvalue weighted by atomic mass is 10.2. The van der Waals surface area contributed by atoms with E-state index < -0.39 is 0 Å². The highest BCUT2D eigenvalue weighted by Crippen LogP contribution is 2.29. The number of hydrogen-bond donors (Lipinski definition) is 1. The first-order chi connectivity index (χ1) is 8.20. The number of aromatic amines is 1. The molecule has 1 saturated carbocycles. The van der Waals surface area contributed by atoms with E-state index in [0.717, 1.165) is 12.8 Å². The summed E-state index contributed by atoms with van der Waals surface area (Å²) in [6.07, 6.45) is 9.05. The van der Waals surface area contributed by atoms with Crippen LogP contribution in [-0.4, -0.2) is 28.9 Å². The van der Waals surface area contributed by atoms with Crippen LogP contribution in [0.2, 0.25) is 0 Å². The molecule has 0 spiro atoms. The lowest BCUT2D eigenvalue weighted by Gasteiger charge is -2.19. The number of hydrogen-bond acceptors (Lipinski definition) is 2. The molecule has 1 aromatic heterocycles. The third-order valence-electron chi connectivity index (χ3n) is 2.77. The van der Waals surface area contributed by atoms with Crippen LogP contribution >= 0.6 is 0 Å². The van der Waals surface area contributed by atoms with Gasteiger partial charge in [0.25, 0.3) is 5.91 Å². The van der Waals surface area contributed by atoms with E-state index in [4.69, 9.17) is 6.42 Å². The van der Waals surface area contributed by atoms with Gasteiger partial charge in [0.1, 0.15) is 0 Å². The summed E-state index contributed by atoms with van der Waals surface area (Å²) in [6, 6.07) is 2.90. The number of nitrogens with one attached hydrogen (secondary N) is 1. The van der Waals surface area contributed by atoms with Crippen LogP contribution in [0.4, 0.5) is 0 Å². The van der Waals surface area contributed by atoms with Crippen molar-refractivity contribution in [1.82, 2.24) is 9.88 Å². The Balaban J connectivity index is 2.14. The van der Waals surface area contributed by atoms with Crippen LogP contribution in [0.3, 0.4) is 0 Å². The summed E-state index contributed by atoms with van der Waals surface area (Å²) in [5.41, 5.74) is 0.118. The lowest BCUT2D eigenvalue weighted by Crippen LogP contribution is -2.33. The molecule has 1 aromatic rings. The number of carbonyl (C=O) groups is 1. The molecule has 1 aliphatic rings. The quantitative estimate of drug-likeness (QED) is 0.780. The van der Waals surface area contributed by atoms with Crippen molar-refractivity contribution in [2.75, 3.05) is 13.1 Å². The van der Waals surface area contributed by atoms with Crippen LogP contribution in [0.5, 0.6) is 0 Å². The van der Waals surface area contributed by atoms with Gasteiger partial charge in [-0.25, -0.2) is 0 Å². The molecule has 4 nitrogen and oxygen atoms in total. The van der Waals surface area contributed by atoms with Gasteiger partial charge in [-0.15, -0.1) is 6.42 Å². The molecule has 4 heteroatoms. The van der Waals surface area contributed by atoms with Crippen molar-refractivity contribution in [3.05, 3.63) is 34.2 Å². The van der Waals surface area contributed by atoms with E-state index in [1.165, 1.54) is 12.3 Å². The summed E-state index contributed by atoms with van der Waals surface area (Å²) in [5.74, 6) is 2.90. The van der Waals surface area contributed by atoms with Gasteiger partial charge < -0.3 is 9.88 Å². The molecular weight excluding hydrogens is 216 g/mol. The maximum atomic E-state index is 12.1. The minimum atomic E-state index is -0.275. The highest BCUT2D eigenvalue weighted by Gasteiger charge is 2.26. The van der Waals surface area contributed by atoms with Crippen LogP contribution in [0.25, 0.3) is 0 Å². The van der Waals surface area contributed by atoms with E-state index >= 15 is 0 Å². The summed E-state index contributed by atoms with van der Waals surface area (Å²) < 4.78 is 0. The summed E-state index contributed by atoms with van der Waals surface area (Å²) in [6.45, 7) is 0.984. The van der Waals surface area contributed by atoms with Crippen molar-refractivity contribution in [2.45, 2.75) is 12.8 Å². The standard InChI is InChI=1S/C13H14N2O2/c1-2-7-15(9-10-3-4-10)13(17)11-5-6-14-12(16)8-11/h1,5-6,8,10H,3-4,7,9H2,(H,14,16). The molecule has 0 aromatic carbocycles. The lowest BCUT2D eigenvalue weighted by molar-refractivity contribution is 0.0769. The van der Waals surface area contributed by atoms with E-state index in [1.54, 1.807) is 11.0 Å². The van der Waals surface area contributed by atoms with E-state index in [0.29, 0.717) is 24.6 Å². The molecule has 0 atom stereocenters. The highest BCUT2D eigenvalue weighted by atomic mass is 16.2. The van der Waals surface area contributed by atoms with Gasteiger partial charge in [-0.05, 0) is 24.8 Å². The topological polar surface area (TPSA) is 53.2 Å². The van der Waals surface area contributed by atoms with Crippen LogP contribution in [0.1, 0.15) is 23.2 Å². The zero-order valence-electron chi connectivity index (χ0n) is 9.48. The van der Waals surface area contributed by atoms with E-state index in [9.17, 15) is 9.59 Å². The molecular formula is C13H14N2O2. The molecule has 0 radical (unpaired) electrons. The predicted molar refractivity (Wildman–Crippen MR) is 64.5 cm³/mol. The molecule has 1 fully saturated rings. The molecule has 0 bridgehead atoms. The molecule has 17 heavy (non-hydrogen) atoms. The molecule has 1 aliphatic carbocycles. The Labute approximate surface area is 99.6 Å². The second-order valence-corrected chi connectivity index (χ2v) is 4.27. The normalized spacial score (nSPS) is 14.1. The molecule has 1 heterocycles. The van der Waals surface area contributed by atoms with Crippen LogP contribution in [0.15, 0.2) is 23.1 Å². The number of aromatic nitrogens is 1. The smallest absolute Gasteiger partial charge is 0.254 e. The average Bonchev–Trinajstić information content (AvgIpc) is 3.11. The van der Waals surface area contributed by atoms with E-state index in [1.807, 2.05) is 0 Å². The first-order valence-electron chi connectivity index (χ1n) is 5.62. The second-order valence-electron chi connectivity index (χ2n) is 4.27. The largest absolute Gasteiger partial charge is 0.329 e. The third kappa shape index (κ3) is 2.97. The third-order valence-corrected chi connectivity index (χ3v) is 2.77. The Morgan fingerprint density at radius 3 is 2.94 bits per heavy atom. The summed E-state index contributed by atoms with van der Waals surface area (Å²) in [7, 11) is 0. The van der Waals surface area contributed by atoms with Gasteiger partial charge in [0, 0.05) is 24.4 Å². The van der Waals surface area contributed by atoms with E-state index in [2.05, 4.69) is 10.9 Å². The minimum absolute atomic E-state index is 0.166. The molecule has 2 rings (SSSR count). The monoisotopic (exact) mass is 230 g/mol. The molecule has 0 saturated heterocycles. The maximum absolute atomic E-state index is 12.1. The Morgan fingerprint density at radius 2 is 2.35 bits per heavy atom. The van der Waals surface area contributed by atoms with Crippen molar-refractivity contribution < 1.29 is 4.79 Å². The van der Waals surface area contributed by atoms with Gasteiger partial charge in [-0.3, -0.25) is 9.59 Å². The second kappa shape index (κ2) is 4.88. The first kappa shape index (κ1) is 11.5. The first-order valence-corrected chi connectivity index (χ1v) is 5.62. The Hall–Kier alpha value is -2.02. The number of pyridine rings is 1. The molecule has 0 aliphatic heterocycles. The summed E-state index contributed by atoms with van der Waals surface area (Å²) >= 11 is 0. The number of rotatable bonds is 4. The van der Waals surface area contributed by atoms with Crippen molar-refractivity contribution in [1.29, 1.82) is 0 Å². The fourth-order valence-corrected chi connectivity index (χ4v) is 1.70. The SMILES string of the molecule is C#CCN(CC1CC1)C(=O)c1cc[nH]c(=O)c1. The summed E-state index contributed by atoms with van der Waals surface area (Å²) in [5, 5.41) is 0. The van der Waals surface area contributed by atoms with Crippen LogP contribution in [-0.2, 0) is 0 Å². The molecule has 88 valence electrons. The van der Waals surface area contributed by atoms with Crippen molar-refractivity contribution >= 4 is 5.91 Å². The van der Waals surface area contributed by atoms with Gasteiger partial charge in [0.05, 0.1) is 6.54 Å². The Morgan fingerprint density at radius 1 is 1.59 bits per heavy atom. The van der Waals surface area contributed by atoms with Crippen molar-refractivity contribution in [3.63, 3.8) is 0 Å². The molecule has 1 N–H and O–H groups in total. The fraction of sp³-hybridized carbons (Fsp3) is 0.385. The minimum Gasteiger partial charge on any atom is -0.329 e. The van der Waals surface area contributed by atoms with Gasteiger partial charge in [-0.2, -0.15) is 0 Å². The number of amides is 1. The highest BCUT2D eigenvalue weighted by molar-refractivity contribution is 5.94. The van der Waals surface area contributed by atoms with Crippen molar-refractivity contribution in [2.24, 2.45) is 5.92 Å². The fourth-order valence-electron chi connectivity index (χ4n) is 1.70. The molecule has 0 unspecified atom stereocenters. The number of terminal acetylenes is 1. The number of nitrogens with zero attached hydrogens (tertiary/aromatic N) is 1.